The first kappa shape index (κ1) is 19.8. The molecule has 3 rings (SSSR count). The Morgan fingerprint density at radius 2 is 2.00 bits per heavy atom. The Hall–Kier alpha value is -1.92. The average Bonchev–Trinajstić information content (AvgIpc) is 3.16. The largest absolute Gasteiger partial charge is 0.357 e. The van der Waals surface area contributed by atoms with Crippen molar-refractivity contribution in [2.24, 2.45) is 4.99 Å². The molecule has 0 saturated carbocycles. The Labute approximate surface area is 166 Å². The monoisotopic (exact) mass is 385 g/mol. The Bertz CT molecular complexity index is 717. The van der Waals surface area contributed by atoms with Crippen LogP contribution in [0.2, 0.25) is 0 Å². The summed E-state index contributed by atoms with van der Waals surface area (Å²) in [5.74, 6) is 0.900. The summed E-state index contributed by atoms with van der Waals surface area (Å²) >= 11 is 1.67. The molecule has 0 bridgehead atoms. The van der Waals surface area contributed by atoms with Crippen LogP contribution in [0, 0.1) is 0 Å². The molecule has 0 spiro atoms. The van der Waals surface area contributed by atoms with Gasteiger partial charge in [-0.2, -0.15) is 0 Å². The zero-order valence-electron chi connectivity index (χ0n) is 16.6. The van der Waals surface area contributed by atoms with Gasteiger partial charge in [0, 0.05) is 42.7 Å². The molecular formula is C21H31N5S. The molecule has 27 heavy (non-hydrogen) atoms. The summed E-state index contributed by atoms with van der Waals surface area (Å²) in [5.41, 5.74) is 2.19. The van der Waals surface area contributed by atoms with Crippen LogP contribution in [0.5, 0.6) is 0 Å². The molecule has 6 heteroatoms. The summed E-state index contributed by atoms with van der Waals surface area (Å²) in [5, 5.41) is 10.1. The van der Waals surface area contributed by atoms with Gasteiger partial charge >= 0.3 is 0 Å². The SMILES string of the molecule is CCNC(=NCc1nc(-c2ccccc2)cs1)NC1CCN(C(C)C)CC1. The highest BCUT2D eigenvalue weighted by atomic mass is 32.1. The number of thiazole rings is 1. The first-order valence-corrected chi connectivity index (χ1v) is 10.8. The number of benzene rings is 1. The van der Waals surface area contributed by atoms with E-state index in [0.717, 1.165) is 54.7 Å². The highest BCUT2D eigenvalue weighted by Crippen LogP contribution is 2.22. The van der Waals surface area contributed by atoms with Gasteiger partial charge in [0.2, 0.25) is 0 Å². The second-order valence-electron chi connectivity index (χ2n) is 7.24. The second-order valence-corrected chi connectivity index (χ2v) is 8.18. The van der Waals surface area contributed by atoms with Crippen molar-refractivity contribution in [3.05, 3.63) is 40.7 Å². The lowest BCUT2D eigenvalue weighted by atomic mass is 10.0. The number of hydrogen-bond donors (Lipinski definition) is 2. The molecule has 0 amide bonds. The first-order valence-electron chi connectivity index (χ1n) is 9.94. The Kier molecular flexibility index (Phi) is 7.24. The topological polar surface area (TPSA) is 52.6 Å². The van der Waals surface area contributed by atoms with Crippen LogP contribution in [-0.4, -0.2) is 47.6 Å². The third-order valence-electron chi connectivity index (χ3n) is 4.94. The van der Waals surface area contributed by atoms with E-state index in [4.69, 9.17) is 9.98 Å². The first-order chi connectivity index (χ1) is 13.2. The lowest BCUT2D eigenvalue weighted by molar-refractivity contribution is 0.167. The second kappa shape index (κ2) is 9.85. The summed E-state index contributed by atoms with van der Waals surface area (Å²) in [4.78, 5) is 12.1. The lowest BCUT2D eigenvalue weighted by Crippen LogP contribution is -2.49. The van der Waals surface area contributed by atoms with E-state index >= 15 is 0 Å². The summed E-state index contributed by atoms with van der Waals surface area (Å²) < 4.78 is 0. The maximum atomic E-state index is 4.77. The van der Waals surface area contributed by atoms with E-state index in [1.165, 1.54) is 0 Å². The van der Waals surface area contributed by atoms with Gasteiger partial charge in [0.25, 0.3) is 0 Å². The van der Waals surface area contributed by atoms with Gasteiger partial charge < -0.3 is 15.5 Å². The Morgan fingerprint density at radius 3 is 2.67 bits per heavy atom. The normalized spacial score (nSPS) is 16.7. The summed E-state index contributed by atoms with van der Waals surface area (Å²) in [6.45, 7) is 10.4. The van der Waals surface area contributed by atoms with Gasteiger partial charge in [-0.3, -0.25) is 0 Å². The summed E-state index contributed by atoms with van der Waals surface area (Å²) in [6.07, 6.45) is 2.33. The van der Waals surface area contributed by atoms with Crippen molar-refractivity contribution in [1.29, 1.82) is 0 Å². The van der Waals surface area contributed by atoms with Crippen molar-refractivity contribution in [1.82, 2.24) is 20.5 Å². The molecule has 1 aromatic heterocycles. The van der Waals surface area contributed by atoms with Gasteiger partial charge in [0.1, 0.15) is 5.01 Å². The van der Waals surface area contributed by atoms with E-state index in [0.29, 0.717) is 18.6 Å². The van der Waals surface area contributed by atoms with E-state index in [1.54, 1.807) is 11.3 Å². The Balaban J connectivity index is 1.57. The molecule has 0 aliphatic carbocycles. The molecule has 146 valence electrons. The van der Waals surface area contributed by atoms with Crippen LogP contribution in [0.4, 0.5) is 0 Å². The molecule has 1 saturated heterocycles. The molecule has 2 aromatic rings. The van der Waals surface area contributed by atoms with Crippen LogP contribution in [0.1, 0.15) is 38.6 Å². The quantitative estimate of drug-likeness (QED) is 0.588. The van der Waals surface area contributed by atoms with Crippen LogP contribution >= 0.6 is 11.3 Å². The van der Waals surface area contributed by atoms with E-state index in [2.05, 4.69) is 53.8 Å². The van der Waals surface area contributed by atoms with Crippen LogP contribution in [0.3, 0.4) is 0 Å². The highest BCUT2D eigenvalue weighted by Gasteiger charge is 2.21. The molecule has 2 N–H and O–H groups in total. The number of hydrogen-bond acceptors (Lipinski definition) is 4. The van der Waals surface area contributed by atoms with Crippen LogP contribution in [0.25, 0.3) is 11.3 Å². The smallest absolute Gasteiger partial charge is 0.191 e. The molecule has 1 aliphatic rings. The van der Waals surface area contributed by atoms with Gasteiger partial charge in [0.15, 0.2) is 5.96 Å². The zero-order valence-corrected chi connectivity index (χ0v) is 17.4. The minimum absolute atomic E-state index is 0.494. The van der Waals surface area contributed by atoms with Crippen molar-refractivity contribution in [2.75, 3.05) is 19.6 Å². The lowest BCUT2D eigenvalue weighted by Gasteiger charge is -2.35. The molecule has 2 heterocycles. The molecule has 1 aliphatic heterocycles. The van der Waals surface area contributed by atoms with Crippen molar-refractivity contribution in [3.63, 3.8) is 0 Å². The molecule has 0 unspecified atom stereocenters. The van der Waals surface area contributed by atoms with Crippen molar-refractivity contribution >= 4 is 17.3 Å². The van der Waals surface area contributed by atoms with Crippen LogP contribution in [0.15, 0.2) is 40.7 Å². The van der Waals surface area contributed by atoms with Gasteiger partial charge in [-0.1, -0.05) is 30.3 Å². The molecule has 5 nitrogen and oxygen atoms in total. The highest BCUT2D eigenvalue weighted by molar-refractivity contribution is 7.09. The zero-order chi connectivity index (χ0) is 19.1. The Morgan fingerprint density at radius 1 is 1.26 bits per heavy atom. The molecule has 1 fully saturated rings. The maximum absolute atomic E-state index is 4.77. The number of nitrogens with zero attached hydrogens (tertiary/aromatic N) is 3. The van der Waals surface area contributed by atoms with Crippen LogP contribution < -0.4 is 10.6 Å². The van der Waals surface area contributed by atoms with Crippen molar-refractivity contribution in [2.45, 2.75) is 52.2 Å². The van der Waals surface area contributed by atoms with E-state index in [-0.39, 0.29) is 0 Å². The van der Waals surface area contributed by atoms with Gasteiger partial charge in [-0.25, -0.2) is 9.98 Å². The van der Waals surface area contributed by atoms with E-state index < -0.39 is 0 Å². The fourth-order valence-electron chi connectivity index (χ4n) is 3.35. The van der Waals surface area contributed by atoms with E-state index in [1.807, 2.05) is 18.2 Å². The van der Waals surface area contributed by atoms with E-state index in [9.17, 15) is 0 Å². The molecule has 0 radical (unpaired) electrons. The predicted molar refractivity (Wildman–Crippen MR) is 115 cm³/mol. The minimum atomic E-state index is 0.494. The number of guanidine groups is 1. The summed E-state index contributed by atoms with van der Waals surface area (Å²) in [6, 6.07) is 11.4. The number of aliphatic imine (C=N–C) groups is 1. The molecular weight excluding hydrogens is 354 g/mol. The molecule has 0 atom stereocenters. The third kappa shape index (κ3) is 5.78. The van der Waals surface area contributed by atoms with Gasteiger partial charge in [-0.05, 0) is 33.6 Å². The van der Waals surface area contributed by atoms with Crippen molar-refractivity contribution < 1.29 is 0 Å². The van der Waals surface area contributed by atoms with Crippen molar-refractivity contribution in [3.8, 4) is 11.3 Å². The number of nitrogens with one attached hydrogen (secondary N) is 2. The summed E-state index contributed by atoms with van der Waals surface area (Å²) in [7, 11) is 0. The maximum Gasteiger partial charge on any atom is 0.191 e. The van der Waals surface area contributed by atoms with Gasteiger partial charge in [-0.15, -0.1) is 11.3 Å². The third-order valence-corrected chi connectivity index (χ3v) is 5.77. The number of rotatable bonds is 6. The van der Waals surface area contributed by atoms with Gasteiger partial charge in [0.05, 0.1) is 12.2 Å². The number of aromatic nitrogens is 1. The minimum Gasteiger partial charge on any atom is -0.357 e. The van der Waals surface area contributed by atoms with Crippen LogP contribution in [-0.2, 0) is 6.54 Å². The predicted octanol–water partition coefficient (Wildman–Crippen LogP) is 3.74. The number of piperidine rings is 1. The number of likely N-dealkylation sites (tertiary alicyclic amines) is 1. The fourth-order valence-corrected chi connectivity index (χ4v) is 4.07. The fraction of sp³-hybridized carbons (Fsp3) is 0.524. The standard InChI is InChI=1S/C21H31N5S/c1-4-22-21(24-18-10-12-26(13-11-18)16(2)3)23-14-20-25-19(15-27-20)17-8-6-5-7-9-17/h5-9,15-16,18H,4,10-14H2,1-3H3,(H2,22,23,24). The molecule has 1 aromatic carbocycles. The average molecular weight is 386 g/mol.